The van der Waals surface area contributed by atoms with Crippen molar-refractivity contribution in [3.63, 3.8) is 0 Å². The van der Waals surface area contributed by atoms with Gasteiger partial charge < -0.3 is 20.1 Å². The van der Waals surface area contributed by atoms with E-state index in [9.17, 15) is 28.8 Å². The predicted octanol–water partition coefficient (Wildman–Crippen LogP) is 2.06. The van der Waals surface area contributed by atoms with Gasteiger partial charge in [0.1, 0.15) is 17.4 Å². The number of amides is 6. The smallest absolute Gasteiger partial charge is 0.407 e. The molecule has 0 radical (unpaired) electrons. The minimum atomic E-state index is -1.09. The molecule has 12 nitrogen and oxygen atoms in total. The van der Waals surface area contributed by atoms with E-state index in [2.05, 4.69) is 16.0 Å². The molecule has 212 valence electrons. The third-order valence-electron chi connectivity index (χ3n) is 6.12. The average Bonchev–Trinajstić information content (AvgIpc) is 2.99. The van der Waals surface area contributed by atoms with Crippen LogP contribution < -0.4 is 20.7 Å². The van der Waals surface area contributed by atoms with Crippen molar-refractivity contribution in [1.29, 1.82) is 0 Å². The normalized spacial score (nSPS) is 17.3. The molecule has 2 aliphatic heterocycles. The molecule has 0 unspecified atom stereocenters. The molecule has 2 aliphatic rings. The summed E-state index contributed by atoms with van der Waals surface area (Å²) in [6, 6.07) is 3.40. The van der Waals surface area contributed by atoms with Crippen molar-refractivity contribution in [3.05, 3.63) is 29.3 Å². The zero-order chi connectivity index (χ0) is 28.6. The van der Waals surface area contributed by atoms with Gasteiger partial charge in [-0.25, -0.2) is 4.79 Å². The van der Waals surface area contributed by atoms with Gasteiger partial charge in [0.15, 0.2) is 6.61 Å². The quantitative estimate of drug-likeness (QED) is 0.282. The van der Waals surface area contributed by atoms with Gasteiger partial charge in [-0.1, -0.05) is 18.9 Å². The number of carbonyl (C=O) groups is 6. The number of rotatable bonds is 11. The van der Waals surface area contributed by atoms with Crippen molar-refractivity contribution in [2.75, 3.05) is 19.7 Å². The van der Waals surface area contributed by atoms with E-state index in [1.54, 1.807) is 20.8 Å². The van der Waals surface area contributed by atoms with Crippen molar-refractivity contribution in [2.24, 2.45) is 0 Å². The van der Waals surface area contributed by atoms with Gasteiger partial charge in [-0.15, -0.1) is 0 Å². The molecule has 12 heteroatoms. The topological polar surface area (TPSA) is 160 Å². The Morgan fingerprint density at radius 1 is 1.00 bits per heavy atom. The lowest BCUT2D eigenvalue weighted by atomic mass is 10.1. The van der Waals surface area contributed by atoms with Crippen LogP contribution in [-0.4, -0.2) is 71.9 Å². The van der Waals surface area contributed by atoms with E-state index in [0.29, 0.717) is 19.5 Å². The summed E-state index contributed by atoms with van der Waals surface area (Å²) in [4.78, 5) is 75.0. The molecule has 1 atom stereocenters. The van der Waals surface area contributed by atoms with E-state index < -0.39 is 41.4 Å². The van der Waals surface area contributed by atoms with Gasteiger partial charge in [-0.3, -0.25) is 34.2 Å². The number of imide groups is 2. The number of nitrogens with one attached hydrogen (secondary N) is 3. The number of nitrogens with zero attached hydrogens (tertiary/aromatic N) is 1. The maximum atomic E-state index is 13.2. The molecular formula is C27H36N4O8. The molecule has 1 aromatic carbocycles. The Morgan fingerprint density at radius 2 is 1.69 bits per heavy atom. The molecule has 1 aromatic rings. The van der Waals surface area contributed by atoms with Crippen molar-refractivity contribution in [2.45, 2.75) is 77.4 Å². The van der Waals surface area contributed by atoms with Gasteiger partial charge in [-0.2, -0.15) is 0 Å². The number of carbonyl (C=O) groups excluding carboxylic acids is 6. The number of fused-ring (bicyclic) bond motifs is 1. The first kappa shape index (κ1) is 29.6. The Morgan fingerprint density at radius 3 is 2.38 bits per heavy atom. The van der Waals surface area contributed by atoms with Gasteiger partial charge >= 0.3 is 6.09 Å². The zero-order valence-corrected chi connectivity index (χ0v) is 22.6. The van der Waals surface area contributed by atoms with E-state index >= 15 is 0 Å². The summed E-state index contributed by atoms with van der Waals surface area (Å²) in [5.41, 5.74) is -0.448. The molecule has 0 aromatic heterocycles. The predicted molar refractivity (Wildman–Crippen MR) is 139 cm³/mol. The number of unbranched alkanes of at least 4 members (excludes halogenated alkanes) is 3. The summed E-state index contributed by atoms with van der Waals surface area (Å²) in [6.45, 7) is 6.01. The second-order valence-electron chi connectivity index (χ2n) is 10.5. The van der Waals surface area contributed by atoms with Gasteiger partial charge in [0.25, 0.3) is 17.7 Å². The van der Waals surface area contributed by atoms with Crippen LogP contribution >= 0.6 is 0 Å². The summed E-state index contributed by atoms with van der Waals surface area (Å²) >= 11 is 0. The van der Waals surface area contributed by atoms with Crippen LogP contribution in [-0.2, 0) is 19.1 Å². The highest BCUT2D eigenvalue weighted by atomic mass is 16.6. The summed E-state index contributed by atoms with van der Waals surface area (Å²) in [6.07, 6.45) is 3.51. The Labute approximate surface area is 227 Å². The van der Waals surface area contributed by atoms with E-state index in [1.165, 1.54) is 18.2 Å². The van der Waals surface area contributed by atoms with Crippen molar-refractivity contribution in [3.8, 4) is 5.75 Å². The molecule has 3 N–H and O–H groups in total. The first-order valence-corrected chi connectivity index (χ1v) is 13.2. The third kappa shape index (κ3) is 8.26. The SMILES string of the molecule is CC(C)(C)OC(=O)NCCCCCCNC(=O)COc1cccc2c1C(=O)N([C@H]1CCCC(=O)NC1=O)C2=O. The number of ether oxygens (including phenoxy) is 2. The first-order chi connectivity index (χ1) is 18.5. The standard InChI is InChI=1S/C27H36N4O8/c1-27(2,3)39-26(37)29-15-7-5-4-6-14-28-21(33)16-38-19-12-8-10-17-22(19)25(36)31(24(17)35)18-11-9-13-20(32)30-23(18)34/h8,10,12,18H,4-7,9,11,13-16H2,1-3H3,(H,28,33)(H,29,37)(H,30,32,34)/t18-/m0/s1. The lowest BCUT2D eigenvalue weighted by Gasteiger charge is -2.23. The van der Waals surface area contributed by atoms with Crippen molar-refractivity contribution < 1.29 is 38.2 Å². The van der Waals surface area contributed by atoms with Crippen LogP contribution in [0.1, 0.15) is 86.4 Å². The highest BCUT2D eigenvalue weighted by molar-refractivity contribution is 6.24. The van der Waals surface area contributed by atoms with Crippen LogP contribution in [0.4, 0.5) is 4.79 Å². The first-order valence-electron chi connectivity index (χ1n) is 13.2. The summed E-state index contributed by atoms with van der Waals surface area (Å²) in [5.74, 6) is -2.76. The molecule has 0 spiro atoms. The summed E-state index contributed by atoms with van der Waals surface area (Å²) in [7, 11) is 0. The molecule has 2 heterocycles. The van der Waals surface area contributed by atoms with Crippen LogP contribution in [0.3, 0.4) is 0 Å². The van der Waals surface area contributed by atoms with Crippen molar-refractivity contribution >= 4 is 35.6 Å². The maximum Gasteiger partial charge on any atom is 0.407 e. The minimum Gasteiger partial charge on any atom is -0.483 e. The monoisotopic (exact) mass is 544 g/mol. The Bertz CT molecular complexity index is 1130. The fourth-order valence-corrected chi connectivity index (χ4v) is 4.32. The van der Waals surface area contributed by atoms with E-state index in [-0.39, 0.29) is 42.2 Å². The zero-order valence-electron chi connectivity index (χ0n) is 22.6. The number of benzene rings is 1. The molecule has 1 saturated heterocycles. The fourth-order valence-electron chi connectivity index (χ4n) is 4.32. The second-order valence-corrected chi connectivity index (χ2v) is 10.5. The minimum absolute atomic E-state index is 0.00124. The van der Waals surface area contributed by atoms with Gasteiger partial charge in [0, 0.05) is 19.5 Å². The summed E-state index contributed by atoms with van der Waals surface area (Å²) < 4.78 is 10.8. The van der Waals surface area contributed by atoms with E-state index in [1.807, 2.05) is 0 Å². The molecule has 0 saturated carbocycles. The lowest BCUT2D eigenvalue weighted by molar-refractivity contribution is -0.131. The highest BCUT2D eigenvalue weighted by Crippen LogP contribution is 2.33. The second kappa shape index (κ2) is 13.2. The largest absolute Gasteiger partial charge is 0.483 e. The molecular weight excluding hydrogens is 508 g/mol. The molecule has 1 fully saturated rings. The van der Waals surface area contributed by atoms with E-state index in [0.717, 1.165) is 30.6 Å². The van der Waals surface area contributed by atoms with Gasteiger partial charge in [0.2, 0.25) is 11.8 Å². The summed E-state index contributed by atoms with van der Waals surface area (Å²) in [5, 5.41) is 7.67. The molecule has 3 rings (SSSR count). The van der Waals surface area contributed by atoms with Crippen LogP contribution in [0.5, 0.6) is 5.75 Å². The number of hydrogen-bond donors (Lipinski definition) is 3. The third-order valence-corrected chi connectivity index (χ3v) is 6.12. The molecule has 0 aliphatic carbocycles. The van der Waals surface area contributed by atoms with Crippen LogP contribution in [0.2, 0.25) is 0 Å². The number of alkyl carbamates (subject to hydrolysis) is 1. The van der Waals surface area contributed by atoms with Crippen LogP contribution in [0, 0.1) is 0 Å². The molecule has 39 heavy (non-hydrogen) atoms. The number of hydrogen-bond acceptors (Lipinski definition) is 8. The maximum absolute atomic E-state index is 13.2. The Hall–Kier alpha value is -3.96. The van der Waals surface area contributed by atoms with Crippen LogP contribution in [0.25, 0.3) is 0 Å². The van der Waals surface area contributed by atoms with E-state index in [4.69, 9.17) is 9.47 Å². The van der Waals surface area contributed by atoms with Gasteiger partial charge in [0.05, 0.1) is 11.1 Å². The van der Waals surface area contributed by atoms with Crippen LogP contribution in [0.15, 0.2) is 18.2 Å². The Kier molecular flexibility index (Phi) is 10.0. The van der Waals surface area contributed by atoms with Gasteiger partial charge in [-0.05, 0) is 58.6 Å². The van der Waals surface area contributed by atoms with Crippen molar-refractivity contribution in [1.82, 2.24) is 20.9 Å². The highest BCUT2D eigenvalue weighted by Gasteiger charge is 2.45. The lowest BCUT2D eigenvalue weighted by Crippen LogP contribution is -2.49. The Balaban J connectivity index is 1.41. The molecule has 0 bridgehead atoms. The molecule has 6 amide bonds. The average molecular weight is 545 g/mol. The fraction of sp³-hybridized carbons (Fsp3) is 0.556.